The fourth-order valence-electron chi connectivity index (χ4n) is 3.58. The van der Waals surface area contributed by atoms with Crippen molar-refractivity contribution in [3.63, 3.8) is 0 Å². The van der Waals surface area contributed by atoms with Gasteiger partial charge in [-0.3, -0.25) is 4.79 Å². The highest BCUT2D eigenvalue weighted by atomic mass is 19.2. The van der Waals surface area contributed by atoms with Crippen molar-refractivity contribution in [1.82, 2.24) is 10.1 Å². The summed E-state index contributed by atoms with van der Waals surface area (Å²) in [4.78, 5) is 16.3. The second-order valence-electron chi connectivity index (χ2n) is 6.72. The molecule has 1 fully saturated rings. The molecule has 2 aliphatic rings. The summed E-state index contributed by atoms with van der Waals surface area (Å²) >= 11 is 0. The van der Waals surface area contributed by atoms with Gasteiger partial charge in [-0.1, -0.05) is 5.16 Å². The Morgan fingerprint density at radius 2 is 1.81 bits per heavy atom. The first-order valence-corrected chi connectivity index (χ1v) is 8.66. The van der Waals surface area contributed by atoms with E-state index in [1.807, 2.05) is 0 Å². The number of hydrogen-bond acceptors (Lipinski definition) is 4. The van der Waals surface area contributed by atoms with Gasteiger partial charge < -0.3 is 14.3 Å². The molecule has 5 nitrogen and oxygen atoms in total. The van der Waals surface area contributed by atoms with Crippen LogP contribution in [0.2, 0.25) is 0 Å². The van der Waals surface area contributed by atoms with Crippen LogP contribution < -0.4 is 4.90 Å². The monoisotopic (exact) mass is 365 g/mol. The maximum atomic E-state index is 13.3. The van der Waals surface area contributed by atoms with E-state index in [-0.39, 0.29) is 17.9 Å². The summed E-state index contributed by atoms with van der Waals surface area (Å²) in [5, 5.41) is 4.12. The number of nitrogens with zero attached hydrogens (tertiary/aromatic N) is 3. The molecular weight excluding hydrogens is 347 g/mol. The molecule has 0 atom stereocenters. The summed E-state index contributed by atoms with van der Waals surface area (Å²) < 4.78 is 45.2. The second-order valence-corrected chi connectivity index (χ2v) is 6.72. The molecule has 0 spiro atoms. The number of fused-ring (bicyclic) bond motifs is 1. The number of aromatic nitrogens is 1. The molecular formula is C18H18F3N3O2. The molecule has 4 rings (SSSR count). The maximum absolute atomic E-state index is 13.3. The van der Waals surface area contributed by atoms with E-state index in [0.29, 0.717) is 25.4 Å². The van der Waals surface area contributed by atoms with Crippen LogP contribution in [0.3, 0.4) is 0 Å². The van der Waals surface area contributed by atoms with Gasteiger partial charge in [0.15, 0.2) is 17.5 Å². The molecule has 2 aliphatic heterocycles. The van der Waals surface area contributed by atoms with Crippen LogP contribution in [-0.4, -0.2) is 35.6 Å². The molecule has 0 N–H and O–H groups in total. The number of carbonyl (C=O) groups is 1. The maximum Gasteiger partial charge on any atom is 0.232 e. The Balaban J connectivity index is 1.50. The smallest absolute Gasteiger partial charge is 0.232 e. The highest BCUT2D eigenvalue weighted by Crippen LogP contribution is 2.31. The first-order valence-electron chi connectivity index (χ1n) is 8.66. The van der Waals surface area contributed by atoms with Crippen molar-refractivity contribution in [2.45, 2.75) is 32.2 Å². The Hall–Kier alpha value is -2.51. The lowest BCUT2D eigenvalue weighted by molar-refractivity contribution is -0.131. The van der Waals surface area contributed by atoms with Crippen LogP contribution in [0.15, 0.2) is 16.7 Å². The number of anilines is 1. The van der Waals surface area contributed by atoms with Gasteiger partial charge in [0.05, 0.1) is 24.2 Å². The van der Waals surface area contributed by atoms with Crippen LogP contribution in [0.25, 0.3) is 0 Å². The van der Waals surface area contributed by atoms with Gasteiger partial charge in [0.25, 0.3) is 0 Å². The minimum Gasteiger partial charge on any atom is -0.340 e. The van der Waals surface area contributed by atoms with Gasteiger partial charge in [-0.25, -0.2) is 13.2 Å². The van der Waals surface area contributed by atoms with E-state index in [1.54, 1.807) is 4.90 Å². The van der Waals surface area contributed by atoms with Gasteiger partial charge in [-0.15, -0.1) is 0 Å². The SMILES string of the molecule is O=C(Cc1cc(F)c(F)c(F)c1)N1CCc2noc(N3CCCC3)c2C1. The summed E-state index contributed by atoms with van der Waals surface area (Å²) in [7, 11) is 0. The third-order valence-corrected chi connectivity index (χ3v) is 4.96. The molecule has 0 radical (unpaired) electrons. The highest BCUT2D eigenvalue weighted by molar-refractivity contribution is 5.79. The standard InChI is InChI=1S/C18H18F3N3O2/c19-13-7-11(8-14(20)17(13)21)9-16(25)24-6-3-15-12(10-24)18(26-22-15)23-4-1-2-5-23/h7-8H,1-6,9-10H2. The molecule has 138 valence electrons. The van der Waals surface area contributed by atoms with Gasteiger partial charge >= 0.3 is 0 Å². The lowest BCUT2D eigenvalue weighted by Gasteiger charge is -2.27. The topological polar surface area (TPSA) is 49.6 Å². The molecule has 0 unspecified atom stereocenters. The van der Waals surface area contributed by atoms with Crippen LogP contribution in [0.1, 0.15) is 29.7 Å². The van der Waals surface area contributed by atoms with Gasteiger partial charge in [0.1, 0.15) is 0 Å². The van der Waals surface area contributed by atoms with Crippen molar-refractivity contribution in [1.29, 1.82) is 0 Å². The molecule has 3 heterocycles. The van der Waals surface area contributed by atoms with Gasteiger partial charge in [0, 0.05) is 26.1 Å². The molecule has 2 aromatic rings. The molecule has 8 heteroatoms. The van der Waals surface area contributed by atoms with E-state index in [4.69, 9.17) is 4.52 Å². The average molecular weight is 365 g/mol. The average Bonchev–Trinajstić information content (AvgIpc) is 3.28. The van der Waals surface area contributed by atoms with Gasteiger partial charge in [-0.05, 0) is 30.5 Å². The Morgan fingerprint density at radius 1 is 1.12 bits per heavy atom. The molecule has 1 aromatic heterocycles. The number of halogens is 3. The van der Waals surface area contributed by atoms with Crippen molar-refractivity contribution >= 4 is 11.8 Å². The lowest BCUT2D eigenvalue weighted by atomic mass is 10.1. The van der Waals surface area contributed by atoms with Crippen LogP contribution in [-0.2, 0) is 24.2 Å². The van der Waals surface area contributed by atoms with Gasteiger partial charge in [0.2, 0.25) is 11.8 Å². The third-order valence-electron chi connectivity index (χ3n) is 4.96. The van der Waals surface area contributed by atoms with Crippen LogP contribution in [0, 0.1) is 17.5 Å². The summed E-state index contributed by atoms with van der Waals surface area (Å²) in [5.41, 5.74) is 1.88. The number of carbonyl (C=O) groups excluding carboxylic acids is 1. The Kier molecular flexibility index (Phi) is 4.34. The van der Waals surface area contributed by atoms with E-state index in [0.717, 1.165) is 49.3 Å². The zero-order chi connectivity index (χ0) is 18.3. The van der Waals surface area contributed by atoms with Crippen molar-refractivity contribution in [2.24, 2.45) is 0 Å². The molecule has 1 amide bonds. The zero-order valence-corrected chi connectivity index (χ0v) is 14.1. The summed E-state index contributed by atoms with van der Waals surface area (Å²) in [5.74, 6) is -3.65. The second kappa shape index (κ2) is 6.66. The van der Waals surface area contributed by atoms with Crippen molar-refractivity contribution in [3.05, 3.63) is 46.4 Å². The molecule has 0 bridgehead atoms. The molecule has 0 aliphatic carbocycles. The van der Waals surface area contributed by atoms with Crippen molar-refractivity contribution in [2.75, 3.05) is 24.5 Å². The number of hydrogen-bond donors (Lipinski definition) is 0. The summed E-state index contributed by atoms with van der Waals surface area (Å²) in [6, 6.07) is 1.72. The Bertz CT molecular complexity index is 823. The minimum absolute atomic E-state index is 0.113. The number of rotatable bonds is 3. The normalized spacial score (nSPS) is 16.9. The fraction of sp³-hybridized carbons (Fsp3) is 0.444. The van der Waals surface area contributed by atoms with E-state index in [2.05, 4.69) is 10.1 Å². The van der Waals surface area contributed by atoms with E-state index >= 15 is 0 Å². The highest BCUT2D eigenvalue weighted by Gasteiger charge is 2.30. The van der Waals surface area contributed by atoms with Crippen molar-refractivity contribution < 1.29 is 22.5 Å². The fourth-order valence-corrected chi connectivity index (χ4v) is 3.58. The predicted octanol–water partition coefficient (Wildman–Crippen LogP) is 2.82. The molecule has 0 saturated carbocycles. The molecule has 1 aromatic carbocycles. The number of amides is 1. The van der Waals surface area contributed by atoms with Crippen molar-refractivity contribution in [3.8, 4) is 0 Å². The third kappa shape index (κ3) is 3.04. The van der Waals surface area contributed by atoms with Crippen LogP contribution in [0.5, 0.6) is 0 Å². The predicted molar refractivity (Wildman–Crippen MR) is 87.1 cm³/mol. The first-order chi connectivity index (χ1) is 12.5. The molecule has 1 saturated heterocycles. The minimum atomic E-state index is -1.52. The largest absolute Gasteiger partial charge is 0.340 e. The van der Waals surface area contributed by atoms with E-state index < -0.39 is 17.5 Å². The van der Waals surface area contributed by atoms with Crippen LogP contribution in [0.4, 0.5) is 19.1 Å². The van der Waals surface area contributed by atoms with Gasteiger partial charge in [-0.2, -0.15) is 0 Å². The summed E-state index contributed by atoms with van der Waals surface area (Å²) in [6.07, 6.45) is 2.58. The Labute approximate surface area is 148 Å². The van der Waals surface area contributed by atoms with E-state index in [1.165, 1.54) is 0 Å². The first kappa shape index (κ1) is 16.9. The zero-order valence-electron chi connectivity index (χ0n) is 14.1. The summed E-state index contributed by atoms with van der Waals surface area (Å²) in [6.45, 7) is 2.63. The van der Waals surface area contributed by atoms with E-state index in [9.17, 15) is 18.0 Å². The molecule has 26 heavy (non-hydrogen) atoms. The lowest BCUT2D eigenvalue weighted by Crippen LogP contribution is -2.37. The number of benzene rings is 1. The Morgan fingerprint density at radius 3 is 2.50 bits per heavy atom. The quantitative estimate of drug-likeness (QED) is 0.785. The van der Waals surface area contributed by atoms with Crippen LogP contribution >= 0.6 is 0 Å².